The molecular formula is C11H18O2. The molecule has 0 amide bonds. The number of carbonyl (C=O) groups is 1. The number of aliphatic hydroxyl groups excluding tert-OH is 1. The predicted molar refractivity (Wildman–Crippen MR) is 52.4 cm³/mol. The maximum absolute atomic E-state index is 11.8. The Morgan fingerprint density at radius 3 is 2.54 bits per heavy atom. The largest absolute Gasteiger partial charge is 0.515 e. The fraction of sp³-hybridized carbons (Fsp3) is 0.727. The first kappa shape index (κ1) is 10.3. The van der Waals surface area contributed by atoms with Crippen molar-refractivity contribution in [3.63, 3.8) is 0 Å². The van der Waals surface area contributed by atoms with Gasteiger partial charge in [-0.15, -0.1) is 0 Å². The first-order chi connectivity index (χ1) is 6.07. The van der Waals surface area contributed by atoms with Gasteiger partial charge in [-0.2, -0.15) is 0 Å². The highest BCUT2D eigenvalue weighted by Crippen LogP contribution is 2.33. The number of Topliss-reactive ketones (excluding diaryl/α,β-unsaturated/α-hetero) is 1. The van der Waals surface area contributed by atoms with Crippen molar-refractivity contribution in [1.29, 1.82) is 0 Å². The van der Waals surface area contributed by atoms with E-state index in [1.54, 1.807) is 0 Å². The van der Waals surface area contributed by atoms with E-state index in [1.807, 2.05) is 6.92 Å². The van der Waals surface area contributed by atoms with Crippen molar-refractivity contribution < 1.29 is 9.90 Å². The van der Waals surface area contributed by atoms with E-state index in [0.717, 1.165) is 19.1 Å². The van der Waals surface area contributed by atoms with Crippen LogP contribution in [0.2, 0.25) is 0 Å². The Morgan fingerprint density at radius 1 is 1.46 bits per heavy atom. The molecular weight excluding hydrogens is 164 g/mol. The van der Waals surface area contributed by atoms with Crippen LogP contribution in [0, 0.1) is 17.8 Å². The minimum absolute atomic E-state index is 0.120. The molecule has 0 saturated heterocycles. The normalized spacial score (nSPS) is 32.9. The summed E-state index contributed by atoms with van der Waals surface area (Å²) in [4.78, 5) is 11.8. The number of aliphatic hydroxyl groups is 1. The van der Waals surface area contributed by atoms with E-state index in [-0.39, 0.29) is 17.6 Å². The Bertz CT molecular complexity index is 228. The van der Waals surface area contributed by atoms with Gasteiger partial charge >= 0.3 is 0 Å². The molecule has 0 aliphatic heterocycles. The molecule has 13 heavy (non-hydrogen) atoms. The Hall–Kier alpha value is -0.790. The summed E-state index contributed by atoms with van der Waals surface area (Å²) >= 11 is 0. The predicted octanol–water partition coefficient (Wildman–Crippen LogP) is 2.70. The van der Waals surface area contributed by atoms with Gasteiger partial charge in [-0.1, -0.05) is 20.8 Å². The van der Waals surface area contributed by atoms with Crippen molar-refractivity contribution >= 4 is 5.78 Å². The van der Waals surface area contributed by atoms with Gasteiger partial charge in [0.2, 0.25) is 0 Å². The highest BCUT2D eigenvalue weighted by Gasteiger charge is 2.32. The van der Waals surface area contributed by atoms with Gasteiger partial charge in [-0.05, 0) is 24.7 Å². The van der Waals surface area contributed by atoms with Crippen LogP contribution in [-0.4, -0.2) is 10.9 Å². The van der Waals surface area contributed by atoms with Gasteiger partial charge in [0, 0.05) is 11.5 Å². The Balaban J connectivity index is 2.82. The lowest BCUT2D eigenvalue weighted by atomic mass is 9.74. The van der Waals surface area contributed by atoms with Gasteiger partial charge in [-0.3, -0.25) is 4.79 Å². The number of ketones is 1. The minimum atomic E-state index is 0.120. The topological polar surface area (TPSA) is 37.3 Å². The van der Waals surface area contributed by atoms with Crippen LogP contribution in [0.25, 0.3) is 0 Å². The van der Waals surface area contributed by atoms with Crippen LogP contribution < -0.4 is 0 Å². The third-order valence-electron chi connectivity index (χ3n) is 3.01. The van der Waals surface area contributed by atoms with Gasteiger partial charge in [-0.25, -0.2) is 0 Å². The molecule has 0 radical (unpaired) electrons. The third kappa shape index (κ3) is 1.93. The minimum Gasteiger partial charge on any atom is -0.515 e. The zero-order valence-electron chi connectivity index (χ0n) is 8.58. The van der Waals surface area contributed by atoms with E-state index in [2.05, 4.69) is 13.8 Å². The Morgan fingerprint density at radius 2 is 2.08 bits per heavy atom. The smallest absolute Gasteiger partial charge is 0.165 e. The van der Waals surface area contributed by atoms with Crippen molar-refractivity contribution in [1.82, 2.24) is 0 Å². The van der Waals surface area contributed by atoms with Crippen LogP contribution in [0.3, 0.4) is 0 Å². The van der Waals surface area contributed by atoms with E-state index in [0.29, 0.717) is 11.5 Å². The van der Waals surface area contributed by atoms with Crippen LogP contribution in [0.4, 0.5) is 0 Å². The van der Waals surface area contributed by atoms with Crippen LogP contribution in [0.15, 0.2) is 11.8 Å². The summed E-state index contributed by atoms with van der Waals surface area (Å²) in [6.07, 6.45) is 2.98. The van der Waals surface area contributed by atoms with Crippen molar-refractivity contribution in [2.24, 2.45) is 17.8 Å². The second-order valence-corrected chi connectivity index (χ2v) is 4.28. The molecule has 74 valence electrons. The van der Waals surface area contributed by atoms with E-state index in [9.17, 15) is 4.79 Å². The second kappa shape index (κ2) is 3.95. The van der Waals surface area contributed by atoms with Gasteiger partial charge in [0.25, 0.3) is 0 Å². The zero-order chi connectivity index (χ0) is 10.0. The molecule has 1 fully saturated rings. The Kier molecular flexibility index (Phi) is 3.12. The molecule has 2 atom stereocenters. The number of carbonyl (C=O) groups excluding carboxylic acids is 1. The summed E-state index contributed by atoms with van der Waals surface area (Å²) in [5.74, 6) is 0.883. The summed E-state index contributed by atoms with van der Waals surface area (Å²) in [6, 6.07) is 0. The molecule has 0 spiro atoms. The summed E-state index contributed by atoms with van der Waals surface area (Å²) in [7, 11) is 0. The first-order valence-corrected chi connectivity index (χ1v) is 4.96. The zero-order valence-corrected chi connectivity index (χ0v) is 8.58. The van der Waals surface area contributed by atoms with Crippen LogP contribution in [0.5, 0.6) is 0 Å². The molecule has 0 aromatic carbocycles. The van der Waals surface area contributed by atoms with Gasteiger partial charge in [0.15, 0.2) is 5.78 Å². The fourth-order valence-corrected chi connectivity index (χ4v) is 2.00. The van der Waals surface area contributed by atoms with Crippen molar-refractivity contribution in [2.45, 2.75) is 33.6 Å². The third-order valence-corrected chi connectivity index (χ3v) is 3.01. The second-order valence-electron chi connectivity index (χ2n) is 4.28. The molecule has 1 aliphatic carbocycles. The lowest BCUT2D eigenvalue weighted by Gasteiger charge is -2.29. The van der Waals surface area contributed by atoms with Gasteiger partial charge in [0.1, 0.15) is 0 Å². The number of rotatable bonds is 1. The summed E-state index contributed by atoms with van der Waals surface area (Å²) in [5, 5.41) is 8.95. The molecule has 0 aromatic heterocycles. The van der Waals surface area contributed by atoms with E-state index in [1.165, 1.54) is 0 Å². The maximum Gasteiger partial charge on any atom is 0.165 e. The molecule has 0 bridgehead atoms. The van der Waals surface area contributed by atoms with Crippen molar-refractivity contribution in [3.05, 3.63) is 11.8 Å². The molecule has 0 unspecified atom stereocenters. The van der Waals surface area contributed by atoms with Crippen LogP contribution >= 0.6 is 0 Å². The maximum atomic E-state index is 11.8. The van der Waals surface area contributed by atoms with Crippen LogP contribution in [-0.2, 0) is 4.79 Å². The van der Waals surface area contributed by atoms with Crippen LogP contribution in [0.1, 0.15) is 33.6 Å². The number of hydrogen-bond acceptors (Lipinski definition) is 2. The highest BCUT2D eigenvalue weighted by atomic mass is 16.2. The fourth-order valence-electron chi connectivity index (χ4n) is 2.00. The van der Waals surface area contributed by atoms with E-state index >= 15 is 0 Å². The molecule has 2 nitrogen and oxygen atoms in total. The number of allylic oxidation sites excluding steroid dienone is 1. The lowest BCUT2D eigenvalue weighted by molar-refractivity contribution is -0.122. The van der Waals surface area contributed by atoms with E-state index in [4.69, 9.17) is 5.11 Å². The van der Waals surface area contributed by atoms with Crippen molar-refractivity contribution in [3.8, 4) is 0 Å². The highest BCUT2D eigenvalue weighted by molar-refractivity contribution is 5.98. The lowest BCUT2D eigenvalue weighted by Crippen LogP contribution is -2.30. The molecule has 1 aliphatic rings. The molecule has 0 heterocycles. The molecule has 1 rings (SSSR count). The molecule has 1 N–H and O–H groups in total. The first-order valence-electron chi connectivity index (χ1n) is 4.96. The summed E-state index contributed by atoms with van der Waals surface area (Å²) < 4.78 is 0. The molecule has 0 aromatic rings. The molecule has 1 saturated carbocycles. The number of hydrogen-bond donors (Lipinski definition) is 1. The monoisotopic (exact) mass is 182 g/mol. The van der Waals surface area contributed by atoms with Crippen molar-refractivity contribution in [2.75, 3.05) is 0 Å². The standard InChI is InChI=1S/C11H18O2/c1-7(2)9-5-4-8(3)10(6-12)11(9)13/h6-9,12H,4-5H2,1-3H3/b10-6-/t8-,9-/m0/s1. The van der Waals surface area contributed by atoms with Gasteiger partial charge in [0.05, 0.1) is 6.26 Å². The van der Waals surface area contributed by atoms with Gasteiger partial charge < -0.3 is 5.11 Å². The Labute approximate surface area is 79.6 Å². The average Bonchev–Trinajstić information content (AvgIpc) is 2.04. The summed E-state index contributed by atoms with van der Waals surface area (Å²) in [6.45, 7) is 6.12. The average molecular weight is 182 g/mol. The van der Waals surface area contributed by atoms with E-state index < -0.39 is 0 Å². The molecule has 2 heteroatoms. The SMILES string of the molecule is CC(C)[C@@H]1CC[C@H](C)/C(=C/O)C1=O. The summed E-state index contributed by atoms with van der Waals surface area (Å²) in [5.41, 5.74) is 0.616. The quantitative estimate of drug-likeness (QED) is 0.500.